The van der Waals surface area contributed by atoms with Gasteiger partial charge in [0.25, 0.3) is 0 Å². The van der Waals surface area contributed by atoms with Crippen molar-refractivity contribution >= 4 is 11.9 Å². The number of ether oxygens (including phenoxy) is 1. The molecule has 4 heteroatoms. The summed E-state index contributed by atoms with van der Waals surface area (Å²) < 4.78 is 4.55. The summed E-state index contributed by atoms with van der Waals surface area (Å²) in [5.74, 6) is 0.188. The van der Waals surface area contributed by atoms with Crippen molar-refractivity contribution in [1.29, 1.82) is 0 Å². The normalized spacial score (nSPS) is 24.0. The molecule has 1 heterocycles. The van der Waals surface area contributed by atoms with Crippen molar-refractivity contribution in [3.05, 3.63) is 0 Å². The van der Waals surface area contributed by atoms with Crippen LogP contribution >= 0.6 is 0 Å². The Kier molecular flexibility index (Phi) is 2.68. The van der Waals surface area contributed by atoms with Crippen molar-refractivity contribution in [2.45, 2.75) is 13.3 Å². The van der Waals surface area contributed by atoms with Crippen LogP contribution in [0.2, 0.25) is 0 Å². The number of amides is 1. The number of rotatable bonds is 0. The number of ketones is 1. The lowest BCUT2D eigenvalue weighted by molar-refractivity contribution is -0.125. The van der Waals surface area contributed by atoms with E-state index in [0.717, 1.165) is 0 Å². The summed E-state index contributed by atoms with van der Waals surface area (Å²) in [6.07, 6.45) is 0.116. The van der Waals surface area contributed by atoms with E-state index in [1.807, 2.05) is 6.92 Å². The van der Waals surface area contributed by atoms with Gasteiger partial charge >= 0.3 is 6.09 Å². The molecule has 1 rings (SSSR count). The number of methoxy groups -OCH3 is 1. The van der Waals surface area contributed by atoms with Crippen LogP contribution in [0.25, 0.3) is 0 Å². The standard InChI is InChI=1S/C8H13NO3/c1-6-5-9(8(11)12-2)4-3-7(6)10/h6H,3-5H2,1-2H3/t6-/m0/s1. The smallest absolute Gasteiger partial charge is 0.409 e. The third-order valence-electron chi connectivity index (χ3n) is 2.10. The summed E-state index contributed by atoms with van der Waals surface area (Å²) in [5.41, 5.74) is 0. The third-order valence-corrected chi connectivity index (χ3v) is 2.10. The molecule has 0 aromatic heterocycles. The molecule has 0 aromatic rings. The molecule has 0 aromatic carbocycles. The van der Waals surface area contributed by atoms with Crippen LogP contribution in [0.5, 0.6) is 0 Å². The fourth-order valence-corrected chi connectivity index (χ4v) is 1.31. The zero-order valence-electron chi connectivity index (χ0n) is 7.37. The minimum atomic E-state index is -0.339. The first-order chi connectivity index (χ1) is 5.65. The second kappa shape index (κ2) is 3.56. The van der Waals surface area contributed by atoms with E-state index >= 15 is 0 Å². The molecular weight excluding hydrogens is 158 g/mol. The maximum Gasteiger partial charge on any atom is 0.409 e. The molecule has 68 valence electrons. The Morgan fingerprint density at radius 1 is 1.67 bits per heavy atom. The molecule has 1 aliphatic rings. The first-order valence-electron chi connectivity index (χ1n) is 4.00. The number of likely N-dealkylation sites (tertiary alicyclic amines) is 1. The molecule has 1 fully saturated rings. The largest absolute Gasteiger partial charge is 0.453 e. The van der Waals surface area contributed by atoms with Gasteiger partial charge < -0.3 is 9.64 Å². The van der Waals surface area contributed by atoms with Crippen LogP contribution in [0, 0.1) is 5.92 Å². The quantitative estimate of drug-likeness (QED) is 0.538. The molecular formula is C8H13NO3. The van der Waals surface area contributed by atoms with E-state index in [-0.39, 0.29) is 17.8 Å². The second-order valence-corrected chi connectivity index (χ2v) is 3.03. The van der Waals surface area contributed by atoms with E-state index in [9.17, 15) is 9.59 Å². The Morgan fingerprint density at radius 3 is 2.83 bits per heavy atom. The van der Waals surface area contributed by atoms with Crippen LogP contribution in [-0.2, 0) is 9.53 Å². The summed E-state index contributed by atoms with van der Waals surface area (Å²) in [5, 5.41) is 0. The molecule has 1 saturated heterocycles. The molecule has 0 N–H and O–H groups in total. The van der Waals surface area contributed by atoms with E-state index in [1.54, 1.807) is 4.90 Å². The van der Waals surface area contributed by atoms with Crippen molar-refractivity contribution in [3.8, 4) is 0 Å². The highest BCUT2D eigenvalue weighted by molar-refractivity contribution is 5.83. The Labute approximate surface area is 71.5 Å². The molecule has 0 saturated carbocycles. The van der Waals surface area contributed by atoms with Crippen LogP contribution in [0.4, 0.5) is 4.79 Å². The molecule has 1 atom stereocenters. The first kappa shape index (κ1) is 9.03. The average molecular weight is 171 g/mol. The van der Waals surface area contributed by atoms with E-state index < -0.39 is 0 Å². The van der Waals surface area contributed by atoms with E-state index in [4.69, 9.17) is 0 Å². The highest BCUT2D eigenvalue weighted by Gasteiger charge is 2.26. The summed E-state index contributed by atoms with van der Waals surface area (Å²) in [6.45, 7) is 2.82. The van der Waals surface area contributed by atoms with Gasteiger partial charge in [0, 0.05) is 25.4 Å². The lowest BCUT2D eigenvalue weighted by Crippen LogP contribution is -2.43. The number of hydrogen-bond acceptors (Lipinski definition) is 3. The number of piperidine rings is 1. The monoisotopic (exact) mass is 171 g/mol. The van der Waals surface area contributed by atoms with Crippen molar-refractivity contribution in [2.75, 3.05) is 20.2 Å². The summed E-state index contributed by atoms with van der Waals surface area (Å²) in [4.78, 5) is 23.6. The number of carbonyl (C=O) groups is 2. The van der Waals surface area contributed by atoms with Crippen molar-refractivity contribution < 1.29 is 14.3 Å². The minimum Gasteiger partial charge on any atom is -0.453 e. The van der Waals surface area contributed by atoms with E-state index in [2.05, 4.69) is 4.74 Å². The number of Topliss-reactive ketones (excluding diaryl/α,β-unsaturated/α-hetero) is 1. The first-order valence-corrected chi connectivity index (χ1v) is 4.00. The lowest BCUT2D eigenvalue weighted by atomic mass is 9.99. The van der Waals surface area contributed by atoms with Gasteiger partial charge in [0.1, 0.15) is 5.78 Å². The van der Waals surface area contributed by atoms with Gasteiger partial charge in [-0.05, 0) is 0 Å². The molecule has 0 unspecified atom stereocenters. The maximum absolute atomic E-state index is 11.1. The van der Waals surface area contributed by atoms with Gasteiger partial charge in [0.05, 0.1) is 7.11 Å². The molecule has 0 radical (unpaired) electrons. The molecule has 0 aliphatic carbocycles. The van der Waals surface area contributed by atoms with Crippen LogP contribution in [-0.4, -0.2) is 37.0 Å². The molecule has 1 aliphatic heterocycles. The molecule has 0 bridgehead atoms. The number of carbonyl (C=O) groups excluding carboxylic acids is 2. The fraction of sp³-hybridized carbons (Fsp3) is 0.750. The Morgan fingerprint density at radius 2 is 2.33 bits per heavy atom. The van der Waals surface area contributed by atoms with Gasteiger partial charge in [-0.3, -0.25) is 4.79 Å². The summed E-state index contributed by atoms with van der Waals surface area (Å²) >= 11 is 0. The summed E-state index contributed by atoms with van der Waals surface area (Å²) in [7, 11) is 1.35. The molecule has 4 nitrogen and oxygen atoms in total. The van der Waals surface area contributed by atoms with Crippen LogP contribution in [0.3, 0.4) is 0 Å². The zero-order valence-corrected chi connectivity index (χ0v) is 7.37. The topological polar surface area (TPSA) is 46.6 Å². The third kappa shape index (κ3) is 1.75. The maximum atomic E-state index is 11.1. The Balaban J connectivity index is 2.50. The fourth-order valence-electron chi connectivity index (χ4n) is 1.31. The highest BCUT2D eigenvalue weighted by Crippen LogP contribution is 2.12. The van der Waals surface area contributed by atoms with Crippen molar-refractivity contribution in [2.24, 2.45) is 5.92 Å². The SMILES string of the molecule is COC(=O)N1CCC(=O)[C@@H](C)C1. The number of hydrogen-bond donors (Lipinski definition) is 0. The minimum absolute atomic E-state index is 0.0437. The molecule has 1 amide bonds. The molecule has 0 spiro atoms. The van der Waals surface area contributed by atoms with Gasteiger partial charge in [-0.25, -0.2) is 4.79 Å². The van der Waals surface area contributed by atoms with E-state index in [0.29, 0.717) is 19.5 Å². The van der Waals surface area contributed by atoms with Gasteiger partial charge in [-0.15, -0.1) is 0 Å². The second-order valence-electron chi connectivity index (χ2n) is 3.03. The van der Waals surface area contributed by atoms with Gasteiger partial charge in [0.2, 0.25) is 0 Å². The van der Waals surface area contributed by atoms with Crippen molar-refractivity contribution in [1.82, 2.24) is 4.90 Å². The van der Waals surface area contributed by atoms with Gasteiger partial charge in [0.15, 0.2) is 0 Å². The van der Waals surface area contributed by atoms with Crippen LogP contribution in [0.15, 0.2) is 0 Å². The summed E-state index contributed by atoms with van der Waals surface area (Å²) in [6, 6.07) is 0. The predicted octanol–water partition coefficient (Wildman–Crippen LogP) is 0.664. The highest BCUT2D eigenvalue weighted by atomic mass is 16.5. The molecule has 12 heavy (non-hydrogen) atoms. The Bertz CT molecular complexity index is 202. The number of nitrogens with zero attached hydrogens (tertiary/aromatic N) is 1. The Hall–Kier alpha value is -1.06. The van der Waals surface area contributed by atoms with Crippen molar-refractivity contribution in [3.63, 3.8) is 0 Å². The lowest BCUT2D eigenvalue weighted by Gasteiger charge is -2.28. The average Bonchev–Trinajstić information content (AvgIpc) is 2.08. The van der Waals surface area contributed by atoms with Gasteiger partial charge in [-0.2, -0.15) is 0 Å². The predicted molar refractivity (Wildman–Crippen MR) is 42.8 cm³/mol. The van der Waals surface area contributed by atoms with Crippen LogP contribution < -0.4 is 0 Å². The van der Waals surface area contributed by atoms with Gasteiger partial charge in [-0.1, -0.05) is 6.92 Å². The van der Waals surface area contributed by atoms with E-state index in [1.165, 1.54) is 7.11 Å². The van der Waals surface area contributed by atoms with Crippen LogP contribution in [0.1, 0.15) is 13.3 Å². The zero-order chi connectivity index (χ0) is 9.14.